The molecule has 0 aliphatic heterocycles. The lowest BCUT2D eigenvalue weighted by molar-refractivity contribution is 0.742. The third kappa shape index (κ3) is 3.39. The standard InChI is InChI=1S/C13H18N4/c1-10(14)13-15-12(16-17-13)9-5-8-11-6-3-2-4-7-11/h2-4,6-7,10H,5,8-9,14H2,1H3,(H,15,16,17). The van der Waals surface area contributed by atoms with E-state index in [0.29, 0.717) is 5.82 Å². The van der Waals surface area contributed by atoms with E-state index in [4.69, 9.17) is 5.73 Å². The van der Waals surface area contributed by atoms with Crippen LogP contribution in [-0.4, -0.2) is 15.2 Å². The largest absolute Gasteiger partial charge is 0.321 e. The zero-order valence-electron chi connectivity index (χ0n) is 10.1. The van der Waals surface area contributed by atoms with E-state index in [1.54, 1.807) is 0 Å². The minimum atomic E-state index is -0.103. The Bertz CT molecular complexity index is 447. The number of aromatic nitrogens is 3. The number of aromatic amines is 1. The van der Waals surface area contributed by atoms with E-state index in [0.717, 1.165) is 25.1 Å². The van der Waals surface area contributed by atoms with Crippen molar-refractivity contribution in [1.82, 2.24) is 15.2 Å². The first-order valence-electron chi connectivity index (χ1n) is 5.96. The maximum atomic E-state index is 5.70. The summed E-state index contributed by atoms with van der Waals surface area (Å²) in [6, 6.07) is 10.4. The van der Waals surface area contributed by atoms with Crippen molar-refractivity contribution >= 4 is 0 Å². The first-order valence-corrected chi connectivity index (χ1v) is 5.96. The van der Waals surface area contributed by atoms with Gasteiger partial charge in [0.1, 0.15) is 5.82 Å². The zero-order chi connectivity index (χ0) is 12.1. The monoisotopic (exact) mass is 230 g/mol. The molecule has 3 N–H and O–H groups in total. The van der Waals surface area contributed by atoms with Gasteiger partial charge in [0.05, 0.1) is 6.04 Å². The van der Waals surface area contributed by atoms with Crippen molar-refractivity contribution in [2.24, 2.45) is 5.73 Å². The van der Waals surface area contributed by atoms with Crippen LogP contribution in [0.25, 0.3) is 0 Å². The Labute approximate surface area is 101 Å². The van der Waals surface area contributed by atoms with Gasteiger partial charge in [0, 0.05) is 6.42 Å². The lowest BCUT2D eigenvalue weighted by Gasteiger charge is -1.99. The number of hydrogen-bond acceptors (Lipinski definition) is 3. The van der Waals surface area contributed by atoms with Gasteiger partial charge in [-0.25, -0.2) is 4.98 Å². The highest BCUT2D eigenvalue weighted by Crippen LogP contribution is 2.07. The Morgan fingerprint density at radius 3 is 2.65 bits per heavy atom. The summed E-state index contributed by atoms with van der Waals surface area (Å²) < 4.78 is 0. The number of aryl methyl sites for hydroxylation is 2. The van der Waals surface area contributed by atoms with Gasteiger partial charge in [-0.05, 0) is 25.3 Å². The molecule has 4 nitrogen and oxygen atoms in total. The predicted molar refractivity (Wildman–Crippen MR) is 67.5 cm³/mol. The second kappa shape index (κ2) is 5.59. The third-order valence-corrected chi connectivity index (χ3v) is 2.68. The van der Waals surface area contributed by atoms with Crippen LogP contribution < -0.4 is 5.73 Å². The van der Waals surface area contributed by atoms with Crippen molar-refractivity contribution in [3.05, 3.63) is 47.5 Å². The molecule has 1 aromatic carbocycles. The summed E-state index contributed by atoms with van der Waals surface area (Å²) in [6.45, 7) is 1.89. The van der Waals surface area contributed by atoms with E-state index in [1.807, 2.05) is 13.0 Å². The summed E-state index contributed by atoms with van der Waals surface area (Å²) >= 11 is 0. The molecule has 2 rings (SSSR count). The van der Waals surface area contributed by atoms with Crippen LogP contribution in [0.5, 0.6) is 0 Å². The van der Waals surface area contributed by atoms with E-state index in [1.165, 1.54) is 5.56 Å². The molecular weight excluding hydrogens is 212 g/mol. The van der Waals surface area contributed by atoms with Crippen LogP contribution in [0.15, 0.2) is 30.3 Å². The molecule has 1 aromatic heterocycles. The molecule has 2 aromatic rings. The molecule has 0 aliphatic rings. The van der Waals surface area contributed by atoms with Crippen LogP contribution in [0.3, 0.4) is 0 Å². The molecular formula is C13H18N4. The molecule has 90 valence electrons. The number of nitrogens with zero attached hydrogens (tertiary/aromatic N) is 2. The van der Waals surface area contributed by atoms with Gasteiger partial charge in [0.25, 0.3) is 0 Å². The normalized spacial score (nSPS) is 12.6. The minimum Gasteiger partial charge on any atom is -0.321 e. The highest BCUT2D eigenvalue weighted by Gasteiger charge is 2.06. The average molecular weight is 230 g/mol. The summed E-state index contributed by atoms with van der Waals surface area (Å²) in [5, 5.41) is 7.01. The number of nitrogens with one attached hydrogen (secondary N) is 1. The number of rotatable bonds is 5. The summed E-state index contributed by atoms with van der Waals surface area (Å²) in [5.74, 6) is 1.62. The van der Waals surface area contributed by atoms with E-state index in [9.17, 15) is 0 Å². The smallest absolute Gasteiger partial charge is 0.167 e. The van der Waals surface area contributed by atoms with Crippen molar-refractivity contribution in [2.75, 3.05) is 0 Å². The fourth-order valence-corrected chi connectivity index (χ4v) is 1.73. The second-order valence-electron chi connectivity index (χ2n) is 4.27. The maximum Gasteiger partial charge on any atom is 0.167 e. The summed E-state index contributed by atoms with van der Waals surface area (Å²) in [6.07, 6.45) is 3.04. The molecule has 4 heteroatoms. The molecule has 1 heterocycles. The highest BCUT2D eigenvalue weighted by molar-refractivity contribution is 5.14. The van der Waals surface area contributed by atoms with Crippen LogP contribution in [0, 0.1) is 0 Å². The van der Waals surface area contributed by atoms with Crippen LogP contribution in [0.4, 0.5) is 0 Å². The quantitative estimate of drug-likeness (QED) is 0.825. The van der Waals surface area contributed by atoms with Gasteiger partial charge in [-0.2, -0.15) is 5.10 Å². The van der Waals surface area contributed by atoms with Gasteiger partial charge in [-0.3, -0.25) is 5.10 Å². The van der Waals surface area contributed by atoms with Crippen LogP contribution in [0.2, 0.25) is 0 Å². The average Bonchev–Trinajstić information content (AvgIpc) is 2.79. The molecule has 0 saturated carbocycles. The molecule has 0 amide bonds. The Kier molecular flexibility index (Phi) is 3.88. The van der Waals surface area contributed by atoms with E-state index < -0.39 is 0 Å². The van der Waals surface area contributed by atoms with Crippen LogP contribution in [-0.2, 0) is 12.8 Å². The highest BCUT2D eigenvalue weighted by atomic mass is 15.2. The molecule has 0 aliphatic carbocycles. The van der Waals surface area contributed by atoms with Gasteiger partial charge < -0.3 is 5.73 Å². The molecule has 0 fully saturated rings. The van der Waals surface area contributed by atoms with Gasteiger partial charge in [-0.1, -0.05) is 30.3 Å². The van der Waals surface area contributed by atoms with E-state index in [2.05, 4.69) is 39.4 Å². The Hall–Kier alpha value is -1.68. The fraction of sp³-hybridized carbons (Fsp3) is 0.385. The van der Waals surface area contributed by atoms with Gasteiger partial charge in [0.15, 0.2) is 5.82 Å². The number of nitrogens with two attached hydrogens (primary N) is 1. The molecule has 1 atom stereocenters. The molecule has 0 radical (unpaired) electrons. The third-order valence-electron chi connectivity index (χ3n) is 2.68. The maximum absolute atomic E-state index is 5.70. The summed E-state index contributed by atoms with van der Waals surface area (Å²) in [7, 11) is 0. The second-order valence-corrected chi connectivity index (χ2v) is 4.27. The lowest BCUT2D eigenvalue weighted by Crippen LogP contribution is -2.06. The van der Waals surface area contributed by atoms with Crippen molar-refractivity contribution in [3.8, 4) is 0 Å². The molecule has 0 spiro atoms. The number of benzene rings is 1. The van der Waals surface area contributed by atoms with Crippen molar-refractivity contribution in [2.45, 2.75) is 32.2 Å². The van der Waals surface area contributed by atoms with Crippen molar-refractivity contribution < 1.29 is 0 Å². The SMILES string of the molecule is CC(N)c1n[nH]c(CCCc2ccccc2)n1. The number of hydrogen-bond donors (Lipinski definition) is 2. The topological polar surface area (TPSA) is 67.6 Å². The summed E-state index contributed by atoms with van der Waals surface area (Å²) in [4.78, 5) is 4.35. The molecule has 17 heavy (non-hydrogen) atoms. The minimum absolute atomic E-state index is 0.103. The lowest BCUT2D eigenvalue weighted by atomic mass is 10.1. The van der Waals surface area contributed by atoms with Crippen molar-refractivity contribution in [3.63, 3.8) is 0 Å². The van der Waals surface area contributed by atoms with Crippen molar-refractivity contribution in [1.29, 1.82) is 0 Å². The molecule has 1 unspecified atom stereocenters. The predicted octanol–water partition coefficient (Wildman–Crippen LogP) is 2.00. The van der Waals surface area contributed by atoms with Crippen LogP contribution >= 0.6 is 0 Å². The Morgan fingerprint density at radius 1 is 1.24 bits per heavy atom. The van der Waals surface area contributed by atoms with E-state index >= 15 is 0 Å². The zero-order valence-corrected chi connectivity index (χ0v) is 10.1. The fourth-order valence-electron chi connectivity index (χ4n) is 1.73. The van der Waals surface area contributed by atoms with E-state index in [-0.39, 0.29) is 6.04 Å². The van der Waals surface area contributed by atoms with Crippen LogP contribution in [0.1, 0.15) is 36.6 Å². The molecule has 0 bridgehead atoms. The first-order chi connectivity index (χ1) is 8.25. The molecule has 0 saturated heterocycles. The first kappa shape index (κ1) is 11.8. The van der Waals surface area contributed by atoms with Gasteiger partial charge >= 0.3 is 0 Å². The summed E-state index contributed by atoms with van der Waals surface area (Å²) in [5.41, 5.74) is 7.06. The Morgan fingerprint density at radius 2 is 2.00 bits per heavy atom. The van der Waals surface area contributed by atoms with Gasteiger partial charge in [0.2, 0.25) is 0 Å². The number of H-pyrrole nitrogens is 1. The van der Waals surface area contributed by atoms with Gasteiger partial charge in [-0.15, -0.1) is 0 Å². The Balaban J connectivity index is 1.82.